The Morgan fingerprint density at radius 2 is 2.22 bits per heavy atom. The molecule has 1 aromatic heterocycles. The summed E-state index contributed by atoms with van der Waals surface area (Å²) in [6.07, 6.45) is 2.52. The van der Waals surface area contributed by atoms with Crippen LogP contribution in [0.15, 0.2) is 16.7 Å². The van der Waals surface area contributed by atoms with E-state index in [4.69, 9.17) is 5.73 Å². The zero-order valence-electron chi connectivity index (χ0n) is 10.00. The maximum Gasteiger partial charge on any atom is 0.255 e. The van der Waals surface area contributed by atoms with Crippen LogP contribution in [-0.4, -0.2) is 29.9 Å². The molecule has 1 rings (SSSR count). The molecular formula is C11H15BrN4O2. The number of anilines is 1. The van der Waals surface area contributed by atoms with Gasteiger partial charge < -0.3 is 16.4 Å². The summed E-state index contributed by atoms with van der Waals surface area (Å²) in [4.78, 5) is 26.6. The lowest BCUT2D eigenvalue weighted by molar-refractivity contribution is -0.117. The van der Waals surface area contributed by atoms with E-state index in [1.54, 1.807) is 12.3 Å². The van der Waals surface area contributed by atoms with Gasteiger partial charge in [-0.15, -0.1) is 0 Å². The molecule has 0 saturated heterocycles. The number of amides is 2. The van der Waals surface area contributed by atoms with E-state index in [1.807, 2.05) is 6.92 Å². The van der Waals surface area contributed by atoms with E-state index in [2.05, 4.69) is 31.5 Å². The van der Waals surface area contributed by atoms with Crippen LogP contribution in [0.3, 0.4) is 0 Å². The van der Waals surface area contributed by atoms with E-state index < -0.39 is 5.91 Å². The number of nitrogens with one attached hydrogen (secondary N) is 2. The molecule has 2 amide bonds. The van der Waals surface area contributed by atoms with Crippen molar-refractivity contribution in [2.45, 2.75) is 13.3 Å². The van der Waals surface area contributed by atoms with E-state index in [0.717, 1.165) is 6.42 Å². The summed E-state index contributed by atoms with van der Waals surface area (Å²) in [5.74, 6) is -0.488. The normalized spacial score (nSPS) is 9.89. The zero-order valence-corrected chi connectivity index (χ0v) is 11.6. The minimum Gasteiger partial charge on any atom is -0.369 e. The molecule has 0 fully saturated rings. The number of carbonyl (C=O) groups excluding carboxylic acids is 2. The Labute approximate surface area is 113 Å². The third kappa shape index (κ3) is 4.33. The van der Waals surface area contributed by atoms with Crippen molar-refractivity contribution in [2.75, 3.05) is 18.4 Å². The van der Waals surface area contributed by atoms with Crippen molar-refractivity contribution in [3.8, 4) is 0 Å². The molecule has 0 unspecified atom stereocenters. The van der Waals surface area contributed by atoms with E-state index >= 15 is 0 Å². The minimum atomic E-state index is -0.589. The SMILES string of the molecule is CCCNc1ncc(Br)cc1C(=O)NCC(N)=O. The van der Waals surface area contributed by atoms with Crippen LogP contribution in [0.5, 0.6) is 0 Å². The van der Waals surface area contributed by atoms with Crippen LogP contribution in [-0.2, 0) is 4.79 Å². The summed E-state index contributed by atoms with van der Waals surface area (Å²) in [5.41, 5.74) is 5.35. The van der Waals surface area contributed by atoms with Crippen LogP contribution in [0.1, 0.15) is 23.7 Å². The summed E-state index contributed by atoms with van der Waals surface area (Å²) in [6.45, 7) is 2.53. The number of nitrogens with two attached hydrogens (primary N) is 1. The molecule has 1 aromatic rings. The van der Waals surface area contributed by atoms with Crippen molar-refractivity contribution < 1.29 is 9.59 Å². The number of nitrogens with zero attached hydrogens (tertiary/aromatic N) is 1. The van der Waals surface area contributed by atoms with Gasteiger partial charge in [0.15, 0.2) is 0 Å². The van der Waals surface area contributed by atoms with Crippen molar-refractivity contribution in [2.24, 2.45) is 5.73 Å². The molecule has 0 saturated carbocycles. The first-order valence-electron chi connectivity index (χ1n) is 5.50. The molecule has 4 N–H and O–H groups in total. The molecule has 0 aromatic carbocycles. The molecule has 0 spiro atoms. The van der Waals surface area contributed by atoms with E-state index in [9.17, 15) is 9.59 Å². The second-order valence-corrected chi connectivity index (χ2v) is 4.54. The van der Waals surface area contributed by atoms with Crippen molar-refractivity contribution >= 4 is 33.6 Å². The maximum absolute atomic E-state index is 11.9. The van der Waals surface area contributed by atoms with Gasteiger partial charge in [0.05, 0.1) is 12.1 Å². The Morgan fingerprint density at radius 1 is 1.50 bits per heavy atom. The lowest BCUT2D eigenvalue weighted by Gasteiger charge is -2.10. The highest BCUT2D eigenvalue weighted by Gasteiger charge is 2.13. The summed E-state index contributed by atoms with van der Waals surface area (Å²) in [5, 5.41) is 5.48. The number of aromatic nitrogens is 1. The third-order valence-corrected chi connectivity index (χ3v) is 2.50. The fourth-order valence-corrected chi connectivity index (χ4v) is 1.59. The van der Waals surface area contributed by atoms with Crippen LogP contribution in [0.2, 0.25) is 0 Å². The van der Waals surface area contributed by atoms with Crippen LogP contribution in [0.4, 0.5) is 5.82 Å². The molecule has 0 bridgehead atoms. The van der Waals surface area contributed by atoms with Crippen LogP contribution >= 0.6 is 15.9 Å². The molecule has 1 heterocycles. The molecule has 0 aliphatic rings. The Hall–Kier alpha value is -1.63. The van der Waals surface area contributed by atoms with Gasteiger partial charge >= 0.3 is 0 Å². The molecule has 6 nitrogen and oxygen atoms in total. The topological polar surface area (TPSA) is 97.1 Å². The van der Waals surface area contributed by atoms with Gasteiger partial charge in [0, 0.05) is 17.2 Å². The van der Waals surface area contributed by atoms with Crippen LogP contribution < -0.4 is 16.4 Å². The molecule has 7 heteroatoms. The molecule has 0 radical (unpaired) electrons. The number of primary amides is 1. The highest BCUT2D eigenvalue weighted by Crippen LogP contribution is 2.17. The molecule has 0 atom stereocenters. The lowest BCUT2D eigenvalue weighted by Crippen LogP contribution is -2.33. The van der Waals surface area contributed by atoms with Crippen LogP contribution in [0, 0.1) is 0 Å². The van der Waals surface area contributed by atoms with Gasteiger partial charge in [-0.3, -0.25) is 9.59 Å². The molecular weight excluding hydrogens is 300 g/mol. The highest BCUT2D eigenvalue weighted by molar-refractivity contribution is 9.10. The molecule has 0 aliphatic heterocycles. The van der Waals surface area contributed by atoms with Crippen molar-refractivity contribution in [1.82, 2.24) is 10.3 Å². The van der Waals surface area contributed by atoms with Gasteiger partial charge in [-0.25, -0.2) is 4.98 Å². The number of carbonyl (C=O) groups is 2. The number of rotatable bonds is 6. The summed E-state index contributed by atoms with van der Waals surface area (Å²) in [6, 6.07) is 1.64. The number of hydrogen-bond donors (Lipinski definition) is 3. The summed E-state index contributed by atoms with van der Waals surface area (Å²) in [7, 11) is 0. The second-order valence-electron chi connectivity index (χ2n) is 3.63. The molecule has 18 heavy (non-hydrogen) atoms. The number of hydrogen-bond acceptors (Lipinski definition) is 4. The summed E-state index contributed by atoms with van der Waals surface area (Å²) < 4.78 is 0.689. The average molecular weight is 315 g/mol. The summed E-state index contributed by atoms with van der Waals surface area (Å²) >= 11 is 3.25. The third-order valence-electron chi connectivity index (χ3n) is 2.06. The quantitative estimate of drug-likeness (QED) is 0.726. The van der Waals surface area contributed by atoms with E-state index in [-0.39, 0.29) is 12.5 Å². The predicted molar refractivity (Wildman–Crippen MR) is 72.2 cm³/mol. The Balaban J connectivity index is 2.86. The van der Waals surface area contributed by atoms with E-state index in [0.29, 0.717) is 22.4 Å². The second kappa shape index (κ2) is 6.95. The van der Waals surface area contributed by atoms with E-state index in [1.165, 1.54) is 0 Å². The maximum atomic E-state index is 11.9. The minimum absolute atomic E-state index is 0.196. The predicted octanol–water partition coefficient (Wildman–Crippen LogP) is 0.881. The highest BCUT2D eigenvalue weighted by atomic mass is 79.9. The molecule has 0 aliphatic carbocycles. The average Bonchev–Trinajstić information content (AvgIpc) is 2.34. The van der Waals surface area contributed by atoms with Crippen molar-refractivity contribution in [3.63, 3.8) is 0 Å². The van der Waals surface area contributed by atoms with Gasteiger partial charge in [0.25, 0.3) is 5.91 Å². The first kappa shape index (κ1) is 14.4. The fraction of sp³-hybridized carbons (Fsp3) is 0.364. The lowest BCUT2D eigenvalue weighted by atomic mass is 10.2. The van der Waals surface area contributed by atoms with Gasteiger partial charge in [0.1, 0.15) is 5.82 Å². The monoisotopic (exact) mass is 314 g/mol. The standard InChI is InChI=1S/C11H15BrN4O2/c1-2-3-14-10-8(4-7(12)5-15-10)11(18)16-6-9(13)17/h4-5H,2-3,6H2,1H3,(H2,13,17)(H,14,15)(H,16,18). The smallest absolute Gasteiger partial charge is 0.255 e. The van der Waals surface area contributed by atoms with Gasteiger partial charge in [-0.1, -0.05) is 6.92 Å². The Bertz CT molecular complexity index is 451. The Kier molecular flexibility index (Phi) is 5.57. The van der Waals surface area contributed by atoms with Crippen LogP contribution in [0.25, 0.3) is 0 Å². The zero-order chi connectivity index (χ0) is 13.5. The first-order chi connectivity index (χ1) is 8.54. The fourth-order valence-electron chi connectivity index (χ4n) is 1.26. The van der Waals surface area contributed by atoms with Crippen molar-refractivity contribution in [3.05, 3.63) is 22.3 Å². The van der Waals surface area contributed by atoms with Gasteiger partial charge in [0.2, 0.25) is 5.91 Å². The van der Waals surface area contributed by atoms with Crippen molar-refractivity contribution in [1.29, 1.82) is 0 Å². The molecule has 98 valence electrons. The number of halogens is 1. The largest absolute Gasteiger partial charge is 0.369 e. The number of pyridine rings is 1. The van der Waals surface area contributed by atoms with Gasteiger partial charge in [-0.05, 0) is 28.4 Å². The first-order valence-corrected chi connectivity index (χ1v) is 6.29. The Morgan fingerprint density at radius 3 is 2.83 bits per heavy atom. The van der Waals surface area contributed by atoms with Gasteiger partial charge in [-0.2, -0.15) is 0 Å².